The van der Waals surface area contributed by atoms with E-state index in [1.54, 1.807) is 0 Å². The largest absolute Gasteiger partial charge is 0.298 e. The lowest BCUT2D eigenvalue weighted by molar-refractivity contribution is 0.102. The molecule has 0 aromatic carbocycles. The molecular formula is C41H85N. The molecule has 0 aromatic heterocycles. The Balaban J connectivity index is 4.20. The Morgan fingerprint density at radius 2 is 0.500 bits per heavy atom. The molecule has 0 rings (SSSR count). The van der Waals surface area contributed by atoms with Crippen LogP contribution < -0.4 is 0 Å². The van der Waals surface area contributed by atoms with Crippen LogP contribution in [0.3, 0.4) is 0 Å². The molecule has 0 saturated carbocycles. The van der Waals surface area contributed by atoms with Gasteiger partial charge < -0.3 is 0 Å². The maximum Gasteiger partial charge on any atom is 0.0153 e. The molecule has 0 unspecified atom stereocenters. The molecule has 0 N–H and O–H groups in total. The Kier molecular flexibility index (Phi) is 33.8. The highest BCUT2D eigenvalue weighted by Crippen LogP contribution is 2.25. The lowest BCUT2D eigenvalue weighted by Gasteiger charge is -2.39. The van der Waals surface area contributed by atoms with Crippen LogP contribution in [0.25, 0.3) is 0 Å². The van der Waals surface area contributed by atoms with E-state index >= 15 is 0 Å². The fourth-order valence-corrected chi connectivity index (χ4v) is 6.85. The Bertz CT molecular complexity index is 459. The van der Waals surface area contributed by atoms with E-state index in [4.69, 9.17) is 0 Å². The van der Waals surface area contributed by atoms with Crippen molar-refractivity contribution >= 4 is 0 Å². The normalized spacial score (nSPS) is 12.1. The number of hydrogen-bond acceptors (Lipinski definition) is 1. The molecule has 42 heavy (non-hydrogen) atoms. The SMILES string of the molecule is CCCCCCCCCCCCCCC(C)(C)N(CCCCCCCCCCCC)CCCCCCCCCCCC. The van der Waals surface area contributed by atoms with E-state index in [9.17, 15) is 0 Å². The van der Waals surface area contributed by atoms with Crippen molar-refractivity contribution in [3.05, 3.63) is 0 Å². The molecule has 1 nitrogen and oxygen atoms in total. The summed E-state index contributed by atoms with van der Waals surface area (Å²) < 4.78 is 0. The Morgan fingerprint density at radius 3 is 0.762 bits per heavy atom. The maximum atomic E-state index is 2.92. The van der Waals surface area contributed by atoms with Gasteiger partial charge in [0.1, 0.15) is 0 Å². The summed E-state index contributed by atoms with van der Waals surface area (Å²) >= 11 is 0. The number of unbranched alkanes of at least 4 members (excludes halogenated alkanes) is 29. The van der Waals surface area contributed by atoms with Crippen molar-refractivity contribution in [2.45, 2.75) is 252 Å². The molecule has 0 amide bonds. The van der Waals surface area contributed by atoms with Gasteiger partial charge in [0.05, 0.1) is 0 Å². The molecule has 0 radical (unpaired) electrons. The van der Waals surface area contributed by atoms with Crippen LogP contribution in [0.4, 0.5) is 0 Å². The van der Waals surface area contributed by atoms with Gasteiger partial charge in [0, 0.05) is 5.54 Å². The van der Waals surface area contributed by atoms with Crippen molar-refractivity contribution < 1.29 is 0 Å². The van der Waals surface area contributed by atoms with Gasteiger partial charge in [-0.15, -0.1) is 0 Å². The van der Waals surface area contributed by atoms with Crippen LogP contribution in [0.2, 0.25) is 0 Å². The van der Waals surface area contributed by atoms with E-state index in [2.05, 4.69) is 39.5 Å². The first-order valence-electron chi connectivity index (χ1n) is 20.3. The molecule has 1 heteroatoms. The minimum Gasteiger partial charge on any atom is -0.298 e. The van der Waals surface area contributed by atoms with Crippen molar-refractivity contribution in [1.82, 2.24) is 4.90 Å². The summed E-state index contributed by atoms with van der Waals surface area (Å²) in [6.45, 7) is 14.8. The van der Waals surface area contributed by atoms with Crippen molar-refractivity contribution in [2.24, 2.45) is 0 Å². The molecule has 0 spiro atoms. The zero-order chi connectivity index (χ0) is 30.8. The Labute approximate surface area is 269 Å². The van der Waals surface area contributed by atoms with Gasteiger partial charge in [0.2, 0.25) is 0 Å². The summed E-state index contributed by atoms with van der Waals surface area (Å²) in [7, 11) is 0. The van der Waals surface area contributed by atoms with Crippen LogP contribution in [0, 0.1) is 0 Å². The third-order valence-corrected chi connectivity index (χ3v) is 10.1. The minimum atomic E-state index is 0.372. The van der Waals surface area contributed by atoms with Crippen LogP contribution in [-0.2, 0) is 0 Å². The van der Waals surface area contributed by atoms with E-state index < -0.39 is 0 Å². The second-order valence-corrected chi connectivity index (χ2v) is 14.8. The van der Waals surface area contributed by atoms with Crippen LogP contribution in [0.5, 0.6) is 0 Å². The second kappa shape index (κ2) is 33.8. The molecule has 0 heterocycles. The maximum absolute atomic E-state index is 2.92. The summed E-state index contributed by atoms with van der Waals surface area (Å²) in [5.41, 5.74) is 0.372. The molecular weight excluding hydrogens is 506 g/mol. The van der Waals surface area contributed by atoms with Gasteiger partial charge in [-0.1, -0.05) is 213 Å². The van der Waals surface area contributed by atoms with E-state index in [-0.39, 0.29) is 0 Å². The molecule has 0 aliphatic heterocycles. The van der Waals surface area contributed by atoms with Gasteiger partial charge in [-0.2, -0.15) is 0 Å². The topological polar surface area (TPSA) is 3.24 Å². The molecule has 0 aliphatic carbocycles. The lowest BCUT2D eigenvalue weighted by Crippen LogP contribution is -2.45. The van der Waals surface area contributed by atoms with Gasteiger partial charge >= 0.3 is 0 Å². The molecule has 254 valence electrons. The average Bonchev–Trinajstić information content (AvgIpc) is 2.98. The predicted molar refractivity (Wildman–Crippen MR) is 195 cm³/mol. The standard InChI is InChI=1S/C41H85N/c1-6-9-12-15-18-21-24-25-26-29-32-35-38-41(4,5)42(39-36-33-30-27-22-19-16-13-10-7-2)40-37-34-31-28-23-20-17-14-11-8-3/h6-40H2,1-5H3. The van der Waals surface area contributed by atoms with Gasteiger partial charge in [-0.05, 0) is 46.2 Å². The molecule has 0 aliphatic rings. The molecule has 0 atom stereocenters. The zero-order valence-corrected chi connectivity index (χ0v) is 30.7. The van der Waals surface area contributed by atoms with E-state index in [1.807, 2.05) is 0 Å². The number of nitrogens with zero attached hydrogens (tertiary/aromatic N) is 1. The smallest absolute Gasteiger partial charge is 0.0153 e. The predicted octanol–water partition coefficient (Wildman–Crippen LogP) is 15.0. The quantitative estimate of drug-likeness (QED) is 0.0655. The highest BCUT2D eigenvalue weighted by atomic mass is 15.2. The highest BCUT2D eigenvalue weighted by Gasteiger charge is 2.25. The number of rotatable bonds is 36. The van der Waals surface area contributed by atoms with Crippen molar-refractivity contribution in [3.8, 4) is 0 Å². The fraction of sp³-hybridized carbons (Fsp3) is 1.00. The van der Waals surface area contributed by atoms with Crippen LogP contribution in [0.15, 0.2) is 0 Å². The summed E-state index contributed by atoms with van der Waals surface area (Å²) in [5, 5.41) is 0. The third kappa shape index (κ3) is 30.0. The Hall–Kier alpha value is -0.0400. The number of hydrogen-bond donors (Lipinski definition) is 0. The summed E-state index contributed by atoms with van der Waals surface area (Å²) in [6.07, 6.45) is 47.7. The molecule has 0 saturated heterocycles. The summed E-state index contributed by atoms with van der Waals surface area (Å²) in [5.74, 6) is 0. The van der Waals surface area contributed by atoms with Crippen molar-refractivity contribution in [2.75, 3.05) is 13.1 Å². The van der Waals surface area contributed by atoms with Crippen LogP contribution in [-0.4, -0.2) is 23.5 Å². The van der Waals surface area contributed by atoms with E-state index in [1.165, 1.54) is 225 Å². The Morgan fingerprint density at radius 1 is 0.286 bits per heavy atom. The zero-order valence-electron chi connectivity index (χ0n) is 30.7. The summed E-state index contributed by atoms with van der Waals surface area (Å²) in [4.78, 5) is 2.92. The summed E-state index contributed by atoms with van der Waals surface area (Å²) in [6, 6.07) is 0. The van der Waals surface area contributed by atoms with E-state index in [0.717, 1.165) is 0 Å². The second-order valence-electron chi connectivity index (χ2n) is 14.8. The first kappa shape index (κ1) is 42.0. The lowest BCUT2D eigenvalue weighted by atomic mass is 9.92. The first-order valence-corrected chi connectivity index (χ1v) is 20.3. The fourth-order valence-electron chi connectivity index (χ4n) is 6.85. The molecule has 0 bridgehead atoms. The van der Waals surface area contributed by atoms with Crippen molar-refractivity contribution in [1.29, 1.82) is 0 Å². The molecule has 0 fully saturated rings. The third-order valence-electron chi connectivity index (χ3n) is 10.1. The van der Waals surface area contributed by atoms with E-state index in [0.29, 0.717) is 5.54 Å². The van der Waals surface area contributed by atoms with Crippen LogP contribution >= 0.6 is 0 Å². The van der Waals surface area contributed by atoms with Gasteiger partial charge in [0.15, 0.2) is 0 Å². The minimum absolute atomic E-state index is 0.372. The van der Waals surface area contributed by atoms with Crippen molar-refractivity contribution in [3.63, 3.8) is 0 Å². The molecule has 0 aromatic rings. The van der Waals surface area contributed by atoms with Gasteiger partial charge in [0.25, 0.3) is 0 Å². The first-order chi connectivity index (χ1) is 20.6. The monoisotopic (exact) mass is 592 g/mol. The average molecular weight is 592 g/mol. The van der Waals surface area contributed by atoms with Crippen LogP contribution in [0.1, 0.15) is 247 Å². The van der Waals surface area contributed by atoms with Gasteiger partial charge in [-0.3, -0.25) is 4.90 Å². The highest BCUT2D eigenvalue weighted by molar-refractivity contribution is 4.81. The van der Waals surface area contributed by atoms with Gasteiger partial charge in [-0.25, -0.2) is 0 Å².